The third-order valence-corrected chi connectivity index (χ3v) is 4.60. The van der Waals surface area contributed by atoms with Gasteiger partial charge in [0.05, 0.1) is 17.1 Å². The first-order chi connectivity index (χ1) is 12.6. The molecule has 1 aliphatic rings. The maximum Gasteiger partial charge on any atom is 0.247 e. The van der Waals surface area contributed by atoms with Gasteiger partial charge < -0.3 is 9.88 Å². The summed E-state index contributed by atoms with van der Waals surface area (Å²) < 4.78 is 26.3. The average Bonchev–Trinajstić information content (AvgIpc) is 3.27. The molecular formula is C20H17F2N3O. The first-order valence-corrected chi connectivity index (χ1v) is 8.49. The second-order valence-corrected chi connectivity index (χ2v) is 6.36. The number of amides is 1. The van der Waals surface area contributed by atoms with Gasteiger partial charge in [0, 0.05) is 12.6 Å². The van der Waals surface area contributed by atoms with Crippen molar-refractivity contribution in [3.05, 3.63) is 71.6 Å². The van der Waals surface area contributed by atoms with Crippen molar-refractivity contribution < 1.29 is 13.6 Å². The lowest BCUT2D eigenvalue weighted by molar-refractivity contribution is -0.126. The molecule has 1 atom stereocenters. The normalized spacial score (nSPS) is 17.5. The van der Waals surface area contributed by atoms with Crippen LogP contribution in [0.5, 0.6) is 0 Å². The summed E-state index contributed by atoms with van der Waals surface area (Å²) in [4.78, 5) is 22.0. The van der Waals surface area contributed by atoms with Crippen molar-refractivity contribution in [1.29, 1.82) is 0 Å². The van der Waals surface area contributed by atoms with E-state index in [4.69, 9.17) is 0 Å². The van der Waals surface area contributed by atoms with Crippen molar-refractivity contribution >= 4 is 23.0 Å². The molecule has 1 unspecified atom stereocenters. The van der Waals surface area contributed by atoms with Crippen LogP contribution < -0.4 is 0 Å². The van der Waals surface area contributed by atoms with Crippen molar-refractivity contribution in [1.82, 2.24) is 14.9 Å². The third-order valence-electron chi connectivity index (χ3n) is 4.60. The summed E-state index contributed by atoms with van der Waals surface area (Å²) in [6.07, 6.45) is 4.85. The highest BCUT2D eigenvalue weighted by Gasteiger charge is 2.31. The molecule has 26 heavy (non-hydrogen) atoms. The number of aromatic nitrogens is 2. The minimum Gasteiger partial charge on any atom is -0.340 e. The molecule has 1 aliphatic heterocycles. The number of nitrogens with one attached hydrogen (secondary N) is 1. The van der Waals surface area contributed by atoms with Crippen LogP contribution in [0.3, 0.4) is 0 Å². The Morgan fingerprint density at radius 1 is 1.15 bits per heavy atom. The van der Waals surface area contributed by atoms with Crippen molar-refractivity contribution in [3.63, 3.8) is 0 Å². The van der Waals surface area contributed by atoms with E-state index >= 15 is 0 Å². The lowest BCUT2D eigenvalue weighted by Crippen LogP contribution is -2.29. The zero-order chi connectivity index (χ0) is 18.1. The monoisotopic (exact) mass is 353 g/mol. The number of likely N-dealkylation sites (tertiary alicyclic amines) is 1. The van der Waals surface area contributed by atoms with Gasteiger partial charge in [0.2, 0.25) is 5.91 Å². The van der Waals surface area contributed by atoms with Gasteiger partial charge in [-0.2, -0.15) is 0 Å². The van der Waals surface area contributed by atoms with Crippen molar-refractivity contribution in [3.8, 4) is 0 Å². The van der Waals surface area contributed by atoms with Crippen LogP contribution in [-0.2, 0) is 4.79 Å². The summed E-state index contributed by atoms with van der Waals surface area (Å²) in [5.74, 6) is -0.0845. The number of fused-ring (bicyclic) bond motifs is 1. The highest BCUT2D eigenvalue weighted by atomic mass is 19.1. The van der Waals surface area contributed by atoms with Crippen molar-refractivity contribution in [2.75, 3.05) is 6.54 Å². The summed E-state index contributed by atoms with van der Waals surface area (Å²) in [7, 11) is 0. The first kappa shape index (κ1) is 16.4. The van der Waals surface area contributed by atoms with Crippen molar-refractivity contribution in [2.45, 2.75) is 18.9 Å². The number of carbonyl (C=O) groups excluding carboxylic acids is 1. The van der Waals surface area contributed by atoms with E-state index in [9.17, 15) is 13.6 Å². The van der Waals surface area contributed by atoms with E-state index in [0.29, 0.717) is 23.4 Å². The van der Waals surface area contributed by atoms with Crippen LogP contribution in [0.2, 0.25) is 0 Å². The van der Waals surface area contributed by atoms with E-state index < -0.39 is 0 Å². The molecule has 1 fully saturated rings. The van der Waals surface area contributed by atoms with Crippen LogP contribution in [0, 0.1) is 11.6 Å². The number of aromatic amines is 1. The number of imidazole rings is 1. The highest BCUT2D eigenvalue weighted by Crippen LogP contribution is 2.31. The van der Waals surface area contributed by atoms with Gasteiger partial charge in [-0.15, -0.1) is 0 Å². The van der Waals surface area contributed by atoms with Crippen LogP contribution in [0.15, 0.2) is 48.5 Å². The number of halogens is 2. The van der Waals surface area contributed by atoms with Gasteiger partial charge in [-0.1, -0.05) is 12.1 Å². The van der Waals surface area contributed by atoms with Crippen LogP contribution in [0.1, 0.15) is 30.3 Å². The molecule has 1 N–H and O–H groups in total. The molecule has 1 aromatic heterocycles. The topological polar surface area (TPSA) is 49.0 Å². The van der Waals surface area contributed by atoms with Crippen LogP contribution >= 0.6 is 0 Å². The van der Waals surface area contributed by atoms with Gasteiger partial charge in [0.25, 0.3) is 0 Å². The fraction of sp³-hybridized carbons (Fsp3) is 0.200. The van der Waals surface area contributed by atoms with Gasteiger partial charge >= 0.3 is 0 Å². The van der Waals surface area contributed by atoms with Crippen LogP contribution in [0.4, 0.5) is 8.78 Å². The lowest BCUT2D eigenvalue weighted by atomic mass is 10.2. The molecule has 6 heteroatoms. The fourth-order valence-electron chi connectivity index (χ4n) is 3.31. The summed E-state index contributed by atoms with van der Waals surface area (Å²) in [5.41, 5.74) is 2.07. The Hall–Kier alpha value is -3.02. The molecule has 2 heterocycles. The van der Waals surface area contributed by atoms with Crippen molar-refractivity contribution in [2.24, 2.45) is 0 Å². The predicted octanol–water partition coefficient (Wildman–Crippen LogP) is 4.22. The number of hydrogen-bond acceptors (Lipinski definition) is 2. The Labute approximate surface area is 149 Å². The minimum atomic E-state index is -0.325. The van der Waals surface area contributed by atoms with Gasteiger partial charge in [0.1, 0.15) is 17.5 Å². The Morgan fingerprint density at radius 3 is 2.73 bits per heavy atom. The summed E-state index contributed by atoms with van der Waals surface area (Å²) in [5, 5.41) is 0. The number of carbonyl (C=O) groups is 1. The van der Waals surface area contributed by atoms with E-state index in [0.717, 1.165) is 18.4 Å². The molecule has 2 aromatic carbocycles. The van der Waals surface area contributed by atoms with Gasteiger partial charge in [0.15, 0.2) is 0 Å². The van der Waals surface area contributed by atoms with Gasteiger partial charge in [-0.3, -0.25) is 4.79 Å². The predicted molar refractivity (Wildman–Crippen MR) is 95.2 cm³/mol. The Kier molecular flexibility index (Phi) is 4.24. The molecule has 0 spiro atoms. The van der Waals surface area contributed by atoms with E-state index in [-0.39, 0.29) is 23.6 Å². The lowest BCUT2D eigenvalue weighted by Gasteiger charge is -2.21. The van der Waals surface area contributed by atoms with E-state index in [1.54, 1.807) is 29.2 Å². The summed E-state index contributed by atoms with van der Waals surface area (Å²) in [6.45, 7) is 0.642. The van der Waals surface area contributed by atoms with Gasteiger partial charge in [-0.05, 0) is 54.8 Å². The Bertz CT molecular complexity index is 978. The maximum atomic E-state index is 13.4. The fourth-order valence-corrected chi connectivity index (χ4v) is 3.31. The molecule has 0 radical (unpaired) electrons. The molecule has 4 rings (SSSR count). The maximum absolute atomic E-state index is 13.4. The Balaban J connectivity index is 1.55. The Morgan fingerprint density at radius 2 is 1.92 bits per heavy atom. The average molecular weight is 353 g/mol. The molecule has 0 bridgehead atoms. The second-order valence-electron chi connectivity index (χ2n) is 6.36. The number of H-pyrrole nitrogens is 1. The number of hydrogen-bond donors (Lipinski definition) is 1. The van der Waals surface area contributed by atoms with Crippen LogP contribution in [0.25, 0.3) is 17.1 Å². The minimum absolute atomic E-state index is 0.122. The van der Waals surface area contributed by atoms with E-state index in [1.165, 1.54) is 30.3 Å². The molecular weight excluding hydrogens is 336 g/mol. The molecule has 0 aliphatic carbocycles. The zero-order valence-corrected chi connectivity index (χ0v) is 14.0. The second kappa shape index (κ2) is 6.71. The molecule has 132 valence electrons. The SMILES string of the molecule is O=C(/C=C/c1ccc(F)cc1)N1CCCC1c1nc2ccc(F)cc2[nH]1. The number of rotatable bonds is 3. The number of benzene rings is 2. The largest absolute Gasteiger partial charge is 0.340 e. The zero-order valence-electron chi connectivity index (χ0n) is 14.0. The number of nitrogens with zero attached hydrogens (tertiary/aromatic N) is 2. The summed E-state index contributed by atoms with van der Waals surface area (Å²) >= 11 is 0. The quantitative estimate of drug-likeness (QED) is 0.717. The highest BCUT2D eigenvalue weighted by molar-refractivity contribution is 5.92. The molecule has 4 nitrogen and oxygen atoms in total. The summed E-state index contributed by atoms with van der Waals surface area (Å²) in [6, 6.07) is 10.2. The molecule has 3 aromatic rings. The molecule has 0 saturated carbocycles. The standard InChI is InChI=1S/C20H17F2N3O/c21-14-6-3-13(4-7-14)5-10-19(26)25-11-1-2-18(25)20-23-16-9-8-15(22)12-17(16)24-20/h3-10,12,18H,1-2,11H2,(H,23,24)/b10-5+. The van der Waals surface area contributed by atoms with Crippen LogP contribution in [-0.4, -0.2) is 27.3 Å². The molecule has 1 saturated heterocycles. The first-order valence-electron chi connectivity index (χ1n) is 8.49. The smallest absolute Gasteiger partial charge is 0.247 e. The van der Waals surface area contributed by atoms with E-state index in [1.807, 2.05) is 0 Å². The molecule has 1 amide bonds. The van der Waals surface area contributed by atoms with Gasteiger partial charge in [-0.25, -0.2) is 13.8 Å². The van der Waals surface area contributed by atoms with E-state index in [2.05, 4.69) is 9.97 Å². The third kappa shape index (κ3) is 3.22.